The lowest BCUT2D eigenvalue weighted by Gasteiger charge is -2.32. The van der Waals surface area contributed by atoms with Crippen molar-refractivity contribution in [3.63, 3.8) is 0 Å². The molecule has 4 aromatic rings. The maximum absolute atomic E-state index is 13.1. The van der Waals surface area contributed by atoms with Crippen LogP contribution in [0.1, 0.15) is 24.0 Å². The number of imidazole rings is 1. The molecule has 11 nitrogen and oxygen atoms in total. The van der Waals surface area contributed by atoms with Crippen LogP contribution in [0.15, 0.2) is 42.7 Å². The number of hydrogen-bond acceptors (Lipinski definition) is 9. The maximum Gasteiger partial charge on any atom is 0.229 e. The maximum atomic E-state index is 13.1. The van der Waals surface area contributed by atoms with Gasteiger partial charge in [-0.05, 0) is 61.7 Å². The lowest BCUT2D eigenvalue weighted by atomic mass is 9.97. The van der Waals surface area contributed by atoms with Gasteiger partial charge in [-0.15, -0.1) is 0 Å². The SMILES string of the molecule is COc1ccc(Nc2nc(N3CCCC(C(=O)Nc4ccc(N)c(C=N)c4)C3)nc3nc[nH]c23)cc1C. The van der Waals surface area contributed by atoms with E-state index in [0.29, 0.717) is 46.4 Å². The molecule has 1 fully saturated rings. The molecule has 2 aromatic heterocycles. The zero-order chi connectivity index (χ0) is 25.9. The summed E-state index contributed by atoms with van der Waals surface area (Å²) in [5.74, 6) is 1.61. The molecule has 5 rings (SSSR count). The summed E-state index contributed by atoms with van der Waals surface area (Å²) >= 11 is 0. The van der Waals surface area contributed by atoms with Gasteiger partial charge in [0.2, 0.25) is 11.9 Å². The van der Waals surface area contributed by atoms with Crippen molar-refractivity contribution < 1.29 is 9.53 Å². The van der Waals surface area contributed by atoms with Gasteiger partial charge in [0.05, 0.1) is 19.4 Å². The van der Waals surface area contributed by atoms with Gasteiger partial charge in [0.15, 0.2) is 11.5 Å². The average molecular weight is 500 g/mol. The van der Waals surface area contributed by atoms with Crippen molar-refractivity contribution in [3.8, 4) is 5.75 Å². The number of nitrogens with two attached hydrogens (primary N) is 1. The monoisotopic (exact) mass is 499 g/mol. The van der Waals surface area contributed by atoms with Crippen molar-refractivity contribution in [2.75, 3.05) is 41.5 Å². The Morgan fingerprint density at radius 2 is 2.08 bits per heavy atom. The molecule has 2 aromatic carbocycles. The van der Waals surface area contributed by atoms with E-state index in [4.69, 9.17) is 20.9 Å². The molecule has 1 aliphatic heterocycles. The number of aromatic nitrogens is 4. The van der Waals surface area contributed by atoms with Crippen molar-refractivity contribution in [1.29, 1.82) is 5.41 Å². The molecule has 1 unspecified atom stereocenters. The van der Waals surface area contributed by atoms with Gasteiger partial charge in [0, 0.05) is 41.9 Å². The lowest BCUT2D eigenvalue weighted by molar-refractivity contribution is -0.120. The number of ether oxygens (including phenoxy) is 1. The molecular weight excluding hydrogens is 470 g/mol. The first kappa shape index (κ1) is 24.0. The summed E-state index contributed by atoms with van der Waals surface area (Å²) in [7, 11) is 1.65. The second-order valence-electron chi connectivity index (χ2n) is 9.05. The molecule has 11 heteroatoms. The van der Waals surface area contributed by atoms with E-state index in [1.54, 1.807) is 31.6 Å². The molecule has 6 N–H and O–H groups in total. The fraction of sp³-hybridized carbons (Fsp3) is 0.269. The minimum atomic E-state index is -0.242. The molecule has 1 atom stereocenters. The molecule has 37 heavy (non-hydrogen) atoms. The number of nitrogens with zero attached hydrogens (tertiary/aromatic N) is 4. The fourth-order valence-electron chi connectivity index (χ4n) is 4.54. The van der Waals surface area contributed by atoms with Crippen molar-refractivity contribution in [3.05, 3.63) is 53.9 Å². The second-order valence-corrected chi connectivity index (χ2v) is 9.05. The predicted molar refractivity (Wildman–Crippen MR) is 145 cm³/mol. The topological polar surface area (TPSA) is 158 Å². The Morgan fingerprint density at radius 1 is 1.24 bits per heavy atom. The summed E-state index contributed by atoms with van der Waals surface area (Å²) in [6, 6.07) is 11.0. The van der Waals surface area contributed by atoms with Gasteiger partial charge in [0.1, 0.15) is 11.3 Å². The van der Waals surface area contributed by atoms with Crippen molar-refractivity contribution >= 4 is 52.1 Å². The third-order valence-electron chi connectivity index (χ3n) is 6.52. The number of nitrogens with one attached hydrogen (secondary N) is 4. The van der Waals surface area contributed by atoms with Gasteiger partial charge >= 0.3 is 0 Å². The van der Waals surface area contributed by atoms with Gasteiger partial charge in [-0.3, -0.25) is 4.79 Å². The van der Waals surface area contributed by atoms with Gasteiger partial charge in [-0.1, -0.05) is 0 Å². The number of H-pyrrole nitrogens is 1. The summed E-state index contributed by atoms with van der Waals surface area (Å²) in [6.45, 7) is 3.20. The lowest BCUT2D eigenvalue weighted by Crippen LogP contribution is -2.41. The van der Waals surface area contributed by atoms with Gasteiger partial charge in [-0.25, -0.2) is 4.98 Å². The average Bonchev–Trinajstić information content (AvgIpc) is 3.39. The number of amides is 1. The zero-order valence-corrected chi connectivity index (χ0v) is 20.7. The molecule has 1 aliphatic rings. The van der Waals surface area contributed by atoms with Crippen LogP contribution < -0.4 is 26.0 Å². The molecule has 190 valence electrons. The van der Waals surface area contributed by atoms with E-state index in [2.05, 4.69) is 25.6 Å². The van der Waals surface area contributed by atoms with Crippen LogP contribution >= 0.6 is 0 Å². The number of aryl methyl sites for hydroxylation is 1. The third-order valence-corrected chi connectivity index (χ3v) is 6.52. The number of piperidine rings is 1. The highest BCUT2D eigenvalue weighted by molar-refractivity contribution is 5.95. The number of benzene rings is 2. The van der Waals surface area contributed by atoms with Gasteiger partial charge in [0.25, 0.3) is 0 Å². The molecule has 0 bridgehead atoms. The minimum absolute atomic E-state index is 0.0849. The summed E-state index contributed by atoms with van der Waals surface area (Å²) in [5.41, 5.74) is 10.7. The quantitative estimate of drug-likeness (QED) is 0.189. The summed E-state index contributed by atoms with van der Waals surface area (Å²) in [5, 5.41) is 13.8. The Labute approximate surface area is 214 Å². The normalized spacial score (nSPS) is 15.4. The van der Waals surface area contributed by atoms with Crippen LogP contribution in [0.2, 0.25) is 0 Å². The first-order valence-electron chi connectivity index (χ1n) is 12.0. The van der Waals surface area contributed by atoms with Crippen LogP contribution in [0.4, 0.5) is 28.8 Å². The van der Waals surface area contributed by atoms with Crippen LogP contribution in [0.25, 0.3) is 11.2 Å². The standard InChI is InChI=1S/C26H29N9O2/c1-15-10-18(6-8-21(15)37-2)31-24-22-23(30-14-29-22)33-26(34-24)35-9-3-4-16(13-35)25(36)32-19-5-7-20(28)17(11-19)12-27/h5-8,10-12,14,16,27H,3-4,9,13,28H2,1-2H3,(H,32,36)(H2,29,30,31,33,34). The Kier molecular flexibility index (Phi) is 6.59. The Balaban J connectivity index is 1.36. The van der Waals surface area contributed by atoms with E-state index in [0.717, 1.165) is 36.4 Å². The smallest absolute Gasteiger partial charge is 0.229 e. The number of nitrogen functional groups attached to an aromatic ring is 1. The highest BCUT2D eigenvalue weighted by Gasteiger charge is 2.28. The van der Waals surface area contributed by atoms with Crippen LogP contribution in [0.5, 0.6) is 5.75 Å². The van der Waals surface area contributed by atoms with Crippen molar-refractivity contribution in [2.45, 2.75) is 19.8 Å². The number of carbonyl (C=O) groups is 1. The number of carbonyl (C=O) groups excluding carboxylic acids is 1. The molecular formula is C26H29N9O2. The zero-order valence-electron chi connectivity index (χ0n) is 20.7. The van der Waals surface area contributed by atoms with Gasteiger partial charge in [-0.2, -0.15) is 9.97 Å². The molecule has 0 saturated carbocycles. The highest BCUT2D eigenvalue weighted by Crippen LogP contribution is 2.29. The summed E-state index contributed by atoms with van der Waals surface area (Å²) in [6.07, 6.45) is 4.35. The number of fused-ring (bicyclic) bond motifs is 1. The number of anilines is 5. The van der Waals surface area contributed by atoms with Crippen LogP contribution in [-0.2, 0) is 4.79 Å². The predicted octanol–water partition coefficient (Wildman–Crippen LogP) is 3.85. The third kappa shape index (κ3) is 5.01. The number of methoxy groups -OCH3 is 1. The Morgan fingerprint density at radius 3 is 2.86 bits per heavy atom. The molecule has 3 heterocycles. The Bertz CT molecular complexity index is 1470. The first-order chi connectivity index (χ1) is 17.9. The summed E-state index contributed by atoms with van der Waals surface area (Å²) in [4.78, 5) is 32.0. The van der Waals surface area contributed by atoms with E-state index in [9.17, 15) is 4.79 Å². The molecule has 0 spiro atoms. The number of rotatable bonds is 7. The van der Waals surface area contributed by atoms with Gasteiger partial charge < -0.3 is 36.4 Å². The largest absolute Gasteiger partial charge is 0.496 e. The first-order valence-corrected chi connectivity index (χ1v) is 12.0. The summed E-state index contributed by atoms with van der Waals surface area (Å²) < 4.78 is 5.37. The van der Waals surface area contributed by atoms with E-state index in [1.807, 2.05) is 30.0 Å². The van der Waals surface area contributed by atoms with Crippen LogP contribution in [-0.4, -0.2) is 52.3 Å². The van der Waals surface area contributed by atoms with E-state index in [1.165, 1.54) is 6.21 Å². The number of hydrogen-bond donors (Lipinski definition) is 5. The van der Waals surface area contributed by atoms with E-state index >= 15 is 0 Å². The van der Waals surface area contributed by atoms with Crippen LogP contribution in [0, 0.1) is 18.3 Å². The molecule has 1 saturated heterocycles. The fourth-order valence-corrected chi connectivity index (χ4v) is 4.54. The van der Waals surface area contributed by atoms with Crippen molar-refractivity contribution in [1.82, 2.24) is 19.9 Å². The van der Waals surface area contributed by atoms with E-state index < -0.39 is 0 Å². The molecule has 0 aliphatic carbocycles. The minimum Gasteiger partial charge on any atom is -0.496 e. The highest BCUT2D eigenvalue weighted by atomic mass is 16.5. The van der Waals surface area contributed by atoms with Crippen LogP contribution in [0.3, 0.4) is 0 Å². The number of aromatic amines is 1. The Hall–Kier alpha value is -4.67. The second kappa shape index (κ2) is 10.1. The molecule has 0 radical (unpaired) electrons. The van der Waals surface area contributed by atoms with Crippen molar-refractivity contribution in [2.24, 2.45) is 5.92 Å². The van der Waals surface area contributed by atoms with E-state index in [-0.39, 0.29) is 11.8 Å². The molecule has 1 amide bonds.